The maximum absolute atomic E-state index is 14.1. The molecule has 0 saturated carbocycles. The molecule has 2 aromatic carbocycles. The Kier molecular flexibility index (Phi) is 6.17. The second-order valence-corrected chi connectivity index (χ2v) is 8.25. The zero-order valence-corrected chi connectivity index (χ0v) is 18.2. The lowest BCUT2D eigenvalue weighted by Crippen LogP contribution is -2.40. The van der Waals surface area contributed by atoms with Gasteiger partial charge in [0.1, 0.15) is 17.6 Å². The van der Waals surface area contributed by atoms with E-state index < -0.39 is 12.0 Å². The van der Waals surface area contributed by atoms with Gasteiger partial charge in [0, 0.05) is 22.6 Å². The standard InChI is InChI=1S/C25H27FN2O4/c1-3-21(25(30)31)28-22-10-6-16(26)13-19(22)20-14-17(7-11-23(20)28)27-24(29)12-15-4-8-18(32-2)9-5-15/h4-6,8-10,13,17,21H,3,7,11-12,14H2,1-2H3,(H,27,29)(H,30,31)/t17-,21?/m0/s1. The van der Waals surface area contributed by atoms with Crippen LogP contribution in [-0.2, 0) is 28.9 Å². The van der Waals surface area contributed by atoms with E-state index in [0.29, 0.717) is 25.7 Å². The number of rotatable bonds is 7. The molecular weight excluding hydrogens is 411 g/mol. The van der Waals surface area contributed by atoms with Gasteiger partial charge in [0.15, 0.2) is 0 Å². The summed E-state index contributed by atoms with van der Waals surface area (Å²) < 4.78 is 21.1. The molecule has 2 N–H and O–H groups in total. The Labute approximate surface area is 186 Å². The zero-order valence-electron chi connectivity index (χ0n) is 18.2. The van der Waals surface area contributed by atoms with E-state index >= 15 is 0 Å². The first kappa shape index (κ1) is 21.9. The molecule has 0 radical (unpaired) electrons. The summed E-state index contributed by atoms with van der Waals surface area (Å²) >= 11 is 0. The number of carbonyl (C=O) groups excluding carboxylic acids is 1. The summed E-state index contributed by atoms with van der Waals surface area (Å²) in [5, 5.41) is 13.6. The Hall–Kier alpha value is -3.35. The predicted molar refractivity (Wildman–Crippen MR) is 120 cm³/mol. The third-order valence-corrected chi connectivity index (χ3v) is 6.23. The Morgan fingerprint density at radius 2 is 2.00 bits per heavy atom. The molecule has 0 spiro atoms. The molecule has 1 unspecified atom stereocenters. The van der Waals surface area contributed by atoms with Crippen LogP contribution in [0.3, 0.4) is 0 Å². The Balaban J connectivity index is 1.57. The summed E-state index contributed by atoms with van der Waals surface area (Å²) in [7, 11) is 1.60. The Morgan fingerprint density at radius 1 is 1.25 bits per heavy atom. The lowest BCUT2D eigenvalue weighted by molar-refractivity contribution is -0.141. The van der Waals surface area contributed by atoms with Crippen LogP contribution < -0.4 is 10.1 Å². The molecule has 4 rings (SSSR count). The summed E-state index contributed by atoms with van der Waals surface area (Å²) in [5.41, 5.74) is 3.49. The molecule has 0 fully saturated rings. The van der Waals surface area contributed by atoms with Crippen molar-refractivity contribution >= 4 is 22.8 Å². The van der Waals surface area contributed by atoms with Gasteiger partial charge < -0.3 is 19.7 Å². The molecule has 0 aliphatic heterocycles. The molecule has 1 aliphatic rings. The van der Waals surface area contributed by atoms with Crippen LogP contribution in [0, 0.1) is 5.82 Å². The number of hydrogen-bond donors (Lipinski definition) is 2. The van der Waals surface area contributed by atoms with Gasteiger partial charge in [0.25, 0.3) is 0 Å². The number of benzene rings is 2. The molecule has 168 valence electrons. The number of halogens is 1. The molecular formula is C25H27FN2O4. The van der Waals surface area contributed by atoms with Gasteiger partial charge in [-0.3, -0.25) is 4.79 Å². The van der Waals surface area contributed by atoms with E-state index in [1.807, 2.05) is 35.8 Å². The van der Waals surface area contributed by atoms with Gasteiger partial charge in [-0.05, 0) is 67.1 Å². The number of fused-ring (bicyclic) bond motifs is 3. The molecule has 0 bridgehead atoms. The van der Waals surface area contributed by atoms with Crippen molar-refractivity contribution in [2.75, 3.05) is 7.11 Å². The van der Waals surface area contributed by atoms with Crippen LogP contribution in [0.1, 0.15) is 42.6 Å². The third kappa shape index (κ3) is 4.20. The SMILES string of the molecule is CCC(C(=O)O)n1c2c(c3cc(F)ccc31)C[C@@H](NC(=O)Cc1ccc(OC)cc1)CC2. The van der Waals surface area contributed by atoms with E-state index in [9.17, 15) is 19.1 Å². The third-order valence-electron chi connectivity index (χ3n) is 6.23. The second kappa shape index (κ2) is 9.02. The summed E-state index contributed by atoms with van der Waals surface area (Å²) in [6.45, 7) is 1.84. The minimum absolute atomic E-state index is 0.0736. The highest BCUT2D eigenvalue weighted by atomic mass is 19.1. The lowest BCUT2D eigenvalue weighted by Gasteiger charge is -2.26. The first-order valence-electron chi connectivity index (χ1n) is 10.9. The zero-order chi connectivity index (χ0) is 22.8. The normalized spacial score (nSPS) is 16.4. The number of carboxylic acids is 1. The lowest BCUT2D eigenvalue weighted by atomic mass is 9.91. The summed E-state index contributed by atoms with van der Waals surface area (Å²) in [6.07, 6.45) is 2.58. The molecule has 7 heteroatoms. The summed E-state index contributed by atoms with van der Waals surface area (Å²) in [6, 6.07) is 11.1. The van der Waals surface area contributed by atoms with Gasteiger partial charge in [-0.2, -0.15) is 0 Å². The van der Waals surface area contributed by atoms with Crippen LogP contribution in [0.4, 0.5) is 4.39 Å². The highest BCUT2D eigenvalue weighted by Crippen LogP contribution is 2.36. The van der Waals surface area contributed by atoms with Gasteiger partial charge in [-0.1, -0.05) is 19.1 Å². The first-order valence-corrected chi connectivity index (χ1v) is 10.9. The summed E-state index contributed by atoms with van der Waals surface area (Å²) in [4.78, 5) is 24.5. The number of aromatic nitrogens is 1. The quantitative estimate of drug-likeness (QED) is 0.583. The van der Waals surface area contributed by atoms with Crippen molar-refractivity contribution in [1.29, 1.82) is 0 Å². The van der Waals surface area contributed by atoms with E-state index in [-0.39, 0.29) is 24.2 Å². The van der Waals surface area contributed by atoms with E-state index in [0.717, 1.165) is 33.5 Å². The Morgan fingerprint density at radius 3 is 2.66 bits per heavy atom. The van der Waals surface area contributed by atoms with Crippen molar-refractivity contribution in [1.82, 2.24) is 9.88 Å². The fourth-order valence-corrected chi connectivity index (χ4v) is 4.72. The number of nitrogens with zero attached hydrogens (tertiary/aromatic N) is 1. The summed E-state index contributed by atoms with van der Waals surface area (Å²) in [5.74, 6) is -0.585. The molecule has 6 nitrogen and oxygen atoms in total. The number of hydrogen-bond acceptors (Lipinski definition) is 3. The molecule has 3 aromatic rings. The van der Waals surface area contributed by atoms with Crippen molar-refractivity contribution in [3.8, 4) is 5.75 Å². The van der Waals surface area contributed by atoms with Crippen molar-refractivity contribution in [2.24, 2.45) is 0 Å². The highest BCUT2D eigenvalue weighted by molar-refractivity contribution is 5.88. The van der Waals surface area contributed by atoms with Crippen LogP contribution >= 0.6 is 0 Å². The molecule has 0 saturated heterocycles. The van der Waals surface area contributed by atoms with Crippen LogP contribution in [0.5, 0.6) is 5.75 Å². The van der Waals surface area contributed by atoms with E-state index in [1.165, 1.54) is 12.1 Å². The van der Waals surface area contributed by atoms with Gasteiger partial charge in [-0.25, -0.2) is 9.18 Å². The number of aliphatic carboxylic acids is 1. The number of amides is 1. The molecule has 1 aromatic heterocycles. The van der Waals surface area contributed by atoms with Gasteiger partial charge in [0.2, 0.25) is 5.91 Å². The molecule has 1 aliphatic carbocycles. The van der Waals surface area contributed by atoms with Crippen LogP contribution in [0.25, 0.3) is 10.9 Å². The number of ether oxygens (including phenoxy) is 1. The average Bonchev–Trinajstić information content (AvgIpc) is 3.07. The Bertz CT molecular complexity index is 1150. The average molecular weight is 438 g/mol. The number of nitrogens with one attached hydrogen (secondary N) is 1. The van der Waals surface area contributed by atoms with Crippen molar-refractivity contribution in [2.45, 2.75) is 51.1 Å². The van der Waals surface area contributed by atoms with Crippen LogP contribution in [-0.4, -0.2) is 34.7 Å². The van der Waals surface area contributed by atoms with E-state index in [4.69, 9.17) is 4.74 Å². The molecule has 2 atom stereocenters. The fourth-order valence-electron chi connectivity index (χ4n) is 4.72. The molecule has 1 amide bonds. The van der Waals surface area contributed by atoms with Crippen molar-refractivity contribution in [3.05, 3.63) is 65.1 Å². The monoisotopic (exact) mass is 438 g/mol. The smallest absolute Gasteiger partial charge is 0.326 e. The van der Waals surface area contributed by atoms with E-state index in [2.05, 4.69) is 5.32 Å². The maximum Gasteiger partial charge on any atom is 0.326 e. The number of methoxy groups -OCH3 is 1. The maximum atomic E-state index is 14.1. The fraction of sp³-hybridized carbons (Fsp3) is 0.360. The topological polar surface area (TPSA) is 80.6 Å². The van der Waals surface area contributed by atoms with Gasteiger partial charge in [0.05, 0.1) is 13.5 Å². The second-order valence-electron chi connectivity index (χ2n) is 8.25. The first-order chi connectivity index (χ1) is 15.4. The molecule has 32 heavy (non-hydrogen) atoms. The predicted octanol–water partition coefficient (Wildman–Crippen LogP) is 4.04. The van der Waals surface area contributed by atoms with Crippen LogP contribution in [0.15, 0.2) is 42.5 Å². The van der Waals surface area contributed by atoms with Gasteiger partial charge in [-0.15, -0.1) is 0 Å². The minimum atomic E-state index is -0.897. The largest absolute Gasteiger partial charge is 0.497 e. The number of carboxylic acid groups (broad SMARTS) is 1. The number of carbonyl (C=O) groups is 2. The van der Waals surface area contributed by atoms with Crippen molar-refractivity contribution < 1.29 is 23.8 Å². The van der Waals surface area contributed by atoms with E-state index in [1.54, 1.807) is 13.2 Å². The minimum Gasteiger partial charge on any atom is -0.497 e. The van der Waals surface area contributed by atoms with Gasteiger partial charge >= 0.3 is 5.97 Å². The molecule has 1 heterocycles. The van der Waals surface area contributed by atoms with Crippen LogP contribution in [0.2, 0.25) is 0 Å². The van der Waals surface area contributed by atoms with Crippen molar-refractivity contribution in [3.63, 3.8) is 0 Å². The highest BCUT2D eigenvalue weighted by Gasteiger charge is 2.30.